The molecule has 13 heteroatoms. The van der Waals surface area contributed by atoms with Gasteiger partial charge in [-0.05, 0) is 55.2 Å². The fraction of sp³-hybridized carbons (Fsp3) is 0.0513. The Hall–Kier alpha value is -4.47. The average molecular weight is 1230 g/mol. The summed E-state index contributed by atoms with van der Waals surface area (Å²) in [5.41, 5.74) is 3.86. The van der Waals surface area contributed by atoms with E-state index in [9.17, 15) is 18.0 Å². The Morgan fingerprint density at radius 2 is 1.44 bits per heavy atom. The van der Waals surface area contributed by atoms with Gasteiger partial charge in [0.25, 0.3) is 0 Å². The minimum atomic E-state index is -0.899. The van der Waals surface area contributed by atoms with Crippen LogP contribution in [-0.4, -0.2) is 35.6 Å². The predicted molar refractivity (Wildman–Crippen MR) is 182 cm³/mol. The monoisotopic (exact) mass is 1240 g/mol. The van der Waals surface area contributed by atoms with E-state index < -0.39 is 11.9 Å². The molecule has 0 aliphatic carbocycles. The molecule has 0 fully saturated rings. The van der Waals surface area contributed by atoms with E-state index in [4.69, 9.17) is 5.11 Å². The second-order valence-electron chi connectivity index (χ2n) is 10.0. The smallest absolute Gasteiger partial charge is 0.155 e. The molecule has 0 atom stereocenters. The number of aliphatic hydroxyl groups is 1. The number of benzene rings is 3. The quantitative estimate of drug-likeness (QED) is 0.0821. The van der Waals surface area contributed by atoms with Gasteiger partial charge in [-0.1, -0.05) is 42.0 Å². The summed E-state index contributed by atoms with van der Waals surface area (Å²) in [5.74, 6) is -2.12. The van der Waals surface area contributed by atoms with Crippen LogP contribution < -0.4 is 0 Å². The van der Waals surface area contributed by atoms with Crippen molar-refractivity contribution in [2.75, 3.05) is 0 Å². The van der Waals surface area contributed by atoms with Gasteiger partial charge in [-0.15, -0.1) is 48.0 Å². The first kappa shape index (κ1) is 45.5. The Morgan fingerprint density at radius 3 is 2.00 bits per heavy atom. The van der Waals surface area contributed by atoms with Crippen LogP contribution >= 0.6 is 0 Å². The molecule has 4 heterocycles. The van der Waals surface area contributed by atoms with Gasteiger partial charge >= 0.3 is 0 Å². The fourth-order valence-corrected chi connectivity index (χ4v) is 4.08. The van der Waals surface area contributed by atoms with Crippen molar-refractivity contribution in [3.8, 4) is 28.2 Å². The van der Waals surface area contributed by atoms with Crippen LogP contribution in [0.15, 0.2) is 140 Å². The van der Waals surface area contributed by atoms with Crippen LogP contribution in [0.2, 0.25) is 0 Å². The number of rotatable bonds is 4. The van der Waals surface area contributed by atoms with Crippen molar-refractivity contribution in [1.82, 2.24) is 24.7 Å². The topological polar surface area (TPSA) is 93.8 Å². The molecule has 4 aromatic heterocycles. The number of halogens is 3. The number of nitrogens with zero attached hydrogens (tertiary/aromatic N) is 5. The van der Waals surface area contributed by atoms with Crippen LogP contribution in [0.4, 0.5) is 13.2 Å². The summed E-state index contributed by atoms with van der Waals surface area (Å²) in [7, 11) is 0. The number of aromatic nitrogens is 5. The molecule has 273 valence electrons. The zero-order valence-corrected chi connectivity index (χ0v) is 34.6. The van der Waals surface area contributed by atoms with E-state index in [1.165, 1.54) is 44.4 Å². The SMILES string of the molecule is CC(=O)C=C(C)O.Fc1c[c-]c(-c2ccccn2)c(F)n1.Fc1ccnc(-c2[c-]cccc2)c1.[Ir].[Ir].[Ir].[c-]1ccccc1-n1cc2ccccc2n1. The van der Waals surface area contributed by atoms with Crippen molar-refractivity contribution in [3.63, 3.8) is 0 Å². The number of allylic oxidation sites excluding steroid dienone is 2. The first-order valence-electron chi connectivity index (χ1n) is 14.7. The van der Waals surface area contributed by atoms with E-state index in [0.717, 1.165) is 28.2 Å². The molecule has 7 nitrogen and oxygen atoms in total. The first-order chi connectivity index (χ1) is 23.7. The number of para-hydroxylation sites is 1. The van der Waals surface area contributed by atoms with Crippen molar-refractivity contribution in [2.45, 2.75) is 13.8 Å². The molecule has 52 heavy (non-hydrogen) atoms. The molecular formula is C39H29F3Ir3N5O2-3. The van der Waals surface area contributed by atoms with Crippen molar-refractivity contribution in [1.29, 1.82) is 0 Å². The number of pyridine rings is 3. The zero-order chi connectivity index (χ0) is 35.0. The fourth-order valence-electron chi connectivity index (χ4n) is 4.08. The Kier molecular flexibility index (Phi) is 20.9. The van der Waals surface area contributed by atoms with Gasteiger partial charge in [-0.3, -0.25) is 14.5 Å². The van der Waals surface area contributed by atoms with Gasteiger partial charge in [0.2, 0.25) is 0 Å². The van der Waals surface area contributed by atoms with Crippen molar-refractivity contribution in [2.24, 2.45) is 0 Å². The van der Waals surface area contributed by atoms with E-state index in [2.05, 4.69) is 44.3 Å². The average Bonchev–Trinajstić information content (AvgIpc) is 3.55. The van der Waals surface area contributed by atoms with Gasteiger partial charge in [0, 0.05) is 90.4 Å². The second kappa shape index (κ2) is 23.9. The van der Waals surface area contributed by atoms with Crippen molar-refractivity contribution >= 4 is 16.7 Å². The third-order valence-corrected chi connectivity index (χ3v) is 6.14. The Bertz CT molecular complexity index is 2090. The Labute approximate surface area is 340 Å². The molecule has 0 spiro atoms. The standard InChI is InChI=1S/C13H9N2.C11H7FN.C10H5F2N2.C5H8O2.3Ir/c1-2-7-12(8-3-1)15-10-11-6-4-5-9-13(11)14-15;12-10-6-7-13-11(8-10)9-4-2-1-3-5-9;11-9-5-4-7(10(12)14-9)8-3-1-2-6-13-8;1-4(6)3-5(2)7;;;/h1-7,9-10H;1-4,6-8H;1-3,5-6H;3,6H,1-2H3;;;/q3*-1;;;;. The van der Waals surface area contributed by atoms with Gasteiger partial charge in [0.15, 0.2) is 5.78 Å². The molecule has 0 aliphatic rings. The van der Waals surface area contributed by atoms with Crippen LogP contribution in [0.3, 0.4) is 0 Å². The summed E-state index contributed by atoms with van der Waals surface area (Å²) < 4.78 is 40.2. The number of ketones is 1. The normalized spacial score (nSPS) is 9.83. The van der Waals surface area contributed by atoms with E-state index in [1.807, 2.05) is 71.5 Å². The summed E-state index contributed by atoms with van der Waals surface area (Å²) in [5, 5.41) is 14.0. The molecule has 0 bridgehead atoms. The minimum absolute atomic E-state index is 0. The van der Waals surface area contributed by atoms with Crippen molar-refractivity contribution < 1.29 is 83.4 Å². The van der Waals surface area contributed by atoms with Gasteiger partial charge in [-0.25, -0.2) is 13.2 Å². The molecular weight excluding hydrogens is 1200 g/mol. The van der Waals surface area contributed by atoms with E-state index in [0.29, 0.717) is 11.4 Å². The van der Waals surface area contributed by atoms with Crippen LogP contribution in [0.5, 0.6) is 0 Å². The van der Waals surface area contributed by atoms with Crippen LogP contribution in [0.1, 0.15) is 13.8 Å². The summed E-state index contributed by atoms with van der Waals surface area (Å²) in [4.78, 5) is 21.0. The third kappa shape index (κ3) is 15.0. The molecule has 0 aliphatic heterocycles. The zero-order valence-electron chi connectivity index (χ0n) is 27.4. The number of hydrogen-bond donors (Lipinski definition) is 1. The van der Waals surface area contributed by atoms with Crippen molar-refractivity contribution in [3.05, 3.63) is 176 Å². The molecule has 3 radical (unpaired) electrons. The molecule has 0 saturated heterocycles. The molecule has 1 N–H and O–H groups in total. The minimum Gasteiger partial charge on any atom is -0.512 e. The number of carbonyl (C=O) groups is 1. The Balaban J connectivity index is 0.000000350. The maximum Gasteiger partial charge on any atom is 0.155 e. The van der Waals surface area contributed by atoms with Gasteiger partial charge < -0.3 is 15.1 Å². The molecule has 0 saturated carbocycles. The van der Waals surface area contributed by atoms with Gasteiger partial charge in [0.1, 0.15) is 17.7 Å². The maximum atomic E-state index is 13.1. The van der Waals surface area contributed by atoms with Crippen LogP contribution in [0, 0.1) is 35.9 Å². The first-order valence-corrected chi connectivity index (χ1v) is 14.7. The van der Waals surface area contributed by atoms with E-state index >= 15 is 0 Å². The summed E-state index contributed by atoms with van der Waals surface area (Å²) in [6.45, 7) is 2.85. The Morgan fingerprint density at radius 1 is 0.769 bits per heavy atom. The second-order valence-corrected chi connectivity index (χ2v) is 10.0. The molecule has 7 rings (SSSR count). The molecule has 3 aromatic carbocycles. The number of fused-ring (bicyclic) bond motifs is 1. The van der Waals surface area contributed by atoms with Gasteiger partial charge in [-0.2, -0.15) is 29.4 Å². The number of aliphatic hydroxyl groups excluding tert-OH is 1. The summed E-state index contributed by atoms with van der Waals surface area (Å²) >= 11 is 0. The number of carbonyl (C=O) groups excluding carboxylic acids is 1. The van der Waals surface area contributed by atoms with Crippen LogP contribution in [0.25, 0.3) is 39.1 Å². The molecule has 0 unspecified atom stereocenters. The van der Waals surface area contributed by atoms with E-state index in [1.54, 1.807) is 24.3 Å². The van der Waals surface area contributed by atoms with Gasteiger partial charge in [0.05, 0.1) is 11.3 Å². The summed E-state index contributed by atoms with van der Waals surface area (Å²) in [6, 6.07) is 40.6. The van der Waals surface area contributed by atoms with E-state index in [-0.39, 0.29) is 83.2 Å². The number of hydrogen-bond acceptors (Lipinski definition) is 6. The third-order valence-electron chi connectivity index (χ3n) is 6.14. The molecule has 7 aromatic rings. The molecule has 0 amide bonds. The van der Waals surface area contributed by atoms with Crippen LogP contribution in [-0.2, 0) is 65.1 Å². The maximum absolute atomic E-state index is 13.1. The largest absolute Gasteiger partial charge is 0.512 e. The summed E-state index contributed by atoms with van der Waals surface area (Å²) in [6.07, 6.45) is 6.15. The predicted octanol–water partition coefficient (Wildman–Crippen LogP) is 8.77.